The number of nitrogens with one attached hydrogen (secondary N) is 1. The third-order valence-corrected chi connectivity index (χ3v) is 6.35. The van der Waals surface area contributed by atoms with Gasteiger partial charge in [-0.05, 0) is 12.5 Å². The molecule has 0 bridgehead atoms. The van der Waals surface area contributed by atoms with Crippen LogP contribution in [0.2, 0.25) is 0 Å². The average Bonchev–Trinajstić information content (AvgIpc) is 3.29. The summed E-state index contributed by atoms with van der Waals surface area (Å²) in [7, 11) is 0. The monoisotopic (exact) mass is 401 g/mol. The van der Waals surface area contributed by atoms with Gasteiger partial charge in [-0.25, -0.2) is 9.97 Å². The molecular formula is C23H23N5S. The summed E-state index contributed by atoms with van der Waals surface area (Å²) in [6.07, 6.45) is 6.45. The van der Waals surface area contributed by atoms with Crippen LogP contribution in [-0.2, 0) is 12.8 Å². The molecule has 4 aromatic rings. The predicted octanol–water partition coefficient (Wildman–Crippen LogP) is 4.38. The standard InChI is InChI=1S/C23H23N5S/c24-23-26-18-11-14-28(15-12-20(18)29-23)13-5-9-16-8-4-10-19-21(16)27-22(25-19)17-6-2-1-3-7-17/h1-10H,11-15H2,(H2,24,26)(H,25,27)/b9-5+. The van der Waals surface area contributed by atoms with E-state index in [-0.39, 0.29) is 0 Å². The number of para-hydroxylation sites is 1. The van der Waals surface area contributed by atoms with Gasteiger partial charge in [0, 0.05) is 42.1 Å². The molecule has 1 aliphatic rings. The lowest BCUT2D eigenvalue weighted by molar-refractivity contribution is 0.318. The zero-order valence-corrected chi connectivity index (χ0v) is 17.0. The number of hydrogen-bond acceptors (Lipinski definition) is 5. The number of rotatable bonds is 4. The highest BCUT2D eigenvalue weighted by Gasteiger charge is 2.16. The second-order valence-corrected chi connectivity index (χ2v) is 8.43. The van der Waals surface area contributed by atoms with E-state index in [1.165, 1.54) is 10.6 Å². The molecule has 146 valence electrons. The number of hydrogen-bond donors (Lipinski definition) is 2. The van der Waals surface area contributed by atoms with Gasteiger partial charge in [0.2, 0.25) is 0 Å². The van der Waals surface area contributed by atoms with E-state index in [9.17, 15) is 0 Å². The molecule has 2 aromatic carbocycles. The van der Waals surface area contributed by atoms with E-state index >= 15 is 0 Å². The van der Waals surface area contributed by atoms with Crippen LogP contribution in [-0.4, -0.2) is 39.5 Å². The van der Waals surface area contributed by atoms with Gasteiger partial charge in [0.05, 0.1) is 16.7 Å². The Morgan fingerprint density at radius 1 is 1.03 bits per heavy atom. The molecule has 1 aliphatic heterocycles. The van der Waals surface area contributed by atoms with Crippen LogP contribution < -0.4 is 5.73 Å². The van der Waals surface area contributed by atoms with E-state index < -0.39 is 0 Å². The molecule has 0 spiro atoms. The van der Waals surface area contributed by atoms with Gasteiger partial charge in [-0.1, -0.05) is 54.6 Å². The molecule has 0 saturated carbocycles. The molecule has 0 atom stereocenters. The van der Waals surface area contributed by atoms with Crippen LogP contribution in [0.3, 0.4) is 0 Å². The van der Waals surface area contributed by atoms with Crippen molar-refractivity contribution in [1.29, 1.82) is 0 Å². The molecular weight excluding hydrogens is 378 g/mol. The van der Waals surface area contributed by atoms with Crippen molar-refractivity contribution in [3.8, 4) is 11.4 Å². The van der Waals surface area contributed by atoms with E-state index in [1.807, 2.05) is 18.2 Å². The molecule has 5 nitrogen and oxygen atoms in total. The van der Waals surface area contributed by atoms with Crippen molar-refractivity contribution in [2.24, 2.45) is 0 Å². The van der Waals surface area contributed by atoms with Crippen LogP contribution >= 0.6 is 11.3 Å². The number of nitrogen functional groups attached to an aromatic ring is 1. The topological polar surface area (TPSA) is 70.8 Å². The summed E-state index contributed by atoms with van der Waals surface area (Å²) in [4.78, 5) is 16.6. The number of aromatic amines is 1. The Bertz CT molecular complexity index is 1130. The number of H-pyrrole nitrogens is 1. The first-order valence-electron chi connectivity index (χ1n) is 9.93. The van der Waals surface area contributed by atoms with Crippen molar-refractivity contribution in [2.75, 3.05) is 25.4 Å². The van der Waals surface area contributed by atoms with E-state index in [4.69, 9.17) is 10.7 Å². The van der Waals surface area contributed by atoms with E-state index in [0.29, 0.717) is 5.13 Å². The van der Waals surface area contributed by atoms with Gasteiger partial charge in [0.15, 0.2) is 5.13 Å². The minimum Gasteiger partial charge on any atom is -0.375 e. The van der Waals surface area contributed by atoms with Crippen molar-refractivity contribution in [1.82, 2.24) is 19.9 Å². The fourth-order valence-corrected chi connectivity index (χ4v) is 4.73. The predicted molar refractivity (Wildman–Crippen MR) is 121 cm³/mol. The minimum atomic E-state index is 0.699. The van der Waals surface area contributed by atoms with Crippen molar-refractivity contribution in [3.63, 3.8) is 0 Å². The van der Waals surface area contributed by atoms with Gasteiger partial charge < -0.3 is 10.7 Å². The first-order valence-corrected chi connectivity index (χ1v) is 10.7. The lowest BCUT2D eigenvalue weighted by Gasteiger charge is -2.17. The minimum absolute atomic E-state index is 0.699. The van der Waals surface area contributed by atoms with Crippen molar-refractivity contribution in [2.45, 2.75) is 12.8 Å². The second kappa shape index (κ2) is 7.81. The third kappa shape index (κ3) is 3.81. The van der Waals surface area contributed by atoms with Gasteiger partial charge in [0.1, 0.15) is 5.82 Å². The highest BCUT2D eigenvalue weighted by Crippen LogP contribution is 2.25. The van der Waals surface area contributed by atoms with Gasteiger partial charge in [-0.2, -0.15) is 0 Å². The van der Waals surface area contributed by atoms with Crippen LogP contribution in [0.15, 0.2) is 54.6 Å². The maximum atomic E-state index is 5.85. The lowest BCUT2D eigenvalue weighted by atomic mass is 10.1. The quantitative estimate of drug-likeness (QED) is 0.532. The molecule has 2 aromatic heterocycles. The first kappa shape index (κ1) is 18.1. The van der Waals surface area contributed by atoms with Gasteiger partial charge in [-0.15, -0.1) is 11.3 Å². The normalized spacial score (nSPS) is 15.0. The molecule has 0 unspecified atom stereocenters. The lowest BCUT2D eigenvalue weighted by Crippen LogP contribution is -2.26. The zero-order chi connectivity index (χ0) is 19.6. The summed E-state index contributed by atoms with van der Waals surface area (Å²) in [5, 5.41) is 0.699. The molecule has 0 saturated heterocycles. The van der Waals surface area contributed by atoms with Gasteiger partial charge in [0.25, 0.3) is 0 Å². The summed E-state index contributed by atoms with van der Waals surface area (Å²) < 4.78 is 0. The Balaban J connectivity index is 1.31. The molecule has 0 radical (unpaired) electrons. The van der Waals surface area contributed by atoms with E-state index in [0.717, 1.165) is 60.5 Å². The maximum absolute atomic E-state index is 5.85. The Morgan fingerprint density at radius 3 is 2.79 bits per heavy atom. The Hall–Kier alpha value is -2.96. The first-order chi connectivity index (χ1) is 14.3. The van der Waals surface area contributed by atoms with Crippen LogP contribution in [0.4, 0.5) is 5.13 Å². The number of nitrogens with two attached hydrogens (primary N) is 1. The Labute approximate surface area is 173 Å². The second-order valence-electron chi connectivity index (χ2n) is 7.32. The highest BCUT2D eigenvalue weighted by molar-refractivity contribution is 7.15. The number of nitrogens with zero attached hydrogens (tertiary/aromatic N) is 3. The molecule has 3 N–H and O–H groups in total. The molecule has 29 heavy (non-hydrogen) atoms. The largest absolute Gasteiger partial charge is 0.375 e. The van der Waals surface area contributed by atoms with Gasteiger partial charge in [-0.3, -0.25) is 4.90 Å². The Kier molecular flexibility index (Phi) is 4.87. The fourth-order valence-electron chi connectivity index (χ4n) is 3.86. The van der Waals surface area contributed by atoms with Crippen LogP contribution in [0.1, 0.15) is 16.1 Å². The molecule has 0 amide bonds. The summed E-state index contributed by atoms with van der Waals surface area (Å²) in [5.74, 6) is 0.909. The van der Waals surface area contributed by atoms with Crippen molar-refractivity contribution >= 4 is 33.6 Å². The Morgan fingerprint density at radius 2 is 1.90 bits per heavy atom. The summed E-state index contributed by atoms with van der Waals surface area (Å²) >= 11 is 1.64. The fraction of sp³-hybridized carbons (Fsp3) is 0.217. The molecule has 6 heteroatoms. The number of fused-ring (bicyclic) bond motifs is 2. The van der Waals surface area contributed by atoms with Crippen molar-refractivity contribution < 1.29 is 0 Å². The van der Waals surface area contributed by atoms with Crippen molar-refractivity contribution in [3.05, 3.63) is 70.7 Å². The average molecular weight is 402 g/mol. The SMILES string of the molecule is Nc1nc2c(s1)CCN(C/C=C/c1cccc3[nH]c(-c4ccccc4)nc13)CC2. The summed E-state index contributed by atoms with van der Waals surface area (Å²) in [6.45, 7) is 2.99. The van der Waals surface area contributed by atoms with E-state index in [1.54, 1.807) is 11.3 Å². The number of thiazole rings is 1. The van der Waals surface area contributed by atoms with Crippen LogP contribution in [0.5, 0.6) is 0 Å². The highest BCUT2D eigenvalue weighted by atomic mass is 32.1. The van der Waals surface area contributed by atoms with Crippen LogP contribution in [0, 0.1) is 0 Å². The number of anilines is 1. The van der Waals surface area contributed by atoms with E-state index in [2.05, 4.69) is 57.4 Å². The van der Waals surface area contributed by atoms with Crippen LogP contribution in [0.25, 0.3) is 28.5 Å². The molecule has 0 aliphatic carbocycles. The molecule has 0 fully saturated rings. The molecule has 5 rings (SSSR count). The van der Waals surface area contributed by atoms with Gasteiger partial charge >= 0.3 is 0 Å². The molecule has 3 heterocycles. The number of imidazole rings is 1. The smallest absolute Gasteiger partial charge is 0.180 e. The maximum Gasteiger partial charge on any atom is 0.180 e. The summed E-state index contributed by atoms with van der Waals surface area (Å²) in [6, 6.07) is 16.5. The number of aromatic nitrogens is 3. The third-order valence-electron chi connectivity index (χ3n) is 5.37. The summed E-state index contributed by atoms with van der Waals surface area (Å²) in [5.41, 5.74) is 11.4. The zero-order valence-electron chi connectivity index (χ0n) is 16.1. The number of benzene rings is 2.